The molecule has 0 bridgehead atoms. The number of pyridine rings is 1. The van der Waals surface area contributed by atoms with Crippen molar-refractivity contribution in [3.8, 4) is 0 Å². The second-order valence-corrected chi connectivity index (χ2v) is 3.37. The molecule has 1 N–H and O–H groups in total. The zero-order chi connectivity index (χ0) is 9.84. The first kappa shape index (κ1) is 9.90. The highest BCUT2D eigenvalue weighted by molar-refractivity contribution is 5.99. The van der Waals surface area contributed by atoms with Gasteiger partial charge in [-0.3, -0.25) is 4.98 Å². The average molecular weight is 176 g/mol. The number of aromatic nitrogens is 1. The number of hydrogen-bond acceptors (Lipinski definition) is 2. The predicted octanol–water partition coefficient (Wildman–Crippen LogP) is 2.87. The molecule has 0 aliphatic rings. The van der Waals surface area contributed by atoms with E-state index in [1.807, 2.05) is 26.1 Å². The van der Waals surface area contributed by atoms with Crippen LogP contribution in [0.25, 0.3) is 0 Å². The summed E-state index contributed by atoms with van der Waals surface area (Å²) in [4.78, 5) is 4.20. The third-order valence-electron chi connectivity index (χ3n) is 2.07. The molecule has 1 aromatic heterocycles. The molecule has 0 radical (unpaired) electrons. The van der Waals surface area contributed by atoms with Crippen LogP contribution in [0.3, 0.4) is 0 Å². The van der Waals surface area contributed by atoms with E-state index in [-0.39, 0.29) is 0 Å². The summed E-state index contributed by atoms with van der Waals surface area (Å²) < 4.78 is 0. The van der Waals surface area contributed by atoms with Crippen LogP contribution < -0.4 is 0 Å². The predicted molar refractivity (Wildman–Crippen MR) is 55.4 cm³/mol. The SMILES string of the molecule is CCCC(=N)c1cnc(C)cc1C. The van der Waals surface area contributed by atoms with Gasteiger partial charge in [-0.15, -0.1) is 0 Å². The molecule has 0 atom stereocenters. The molecule has 0 fully saturated rings. The molecule has 0 aliphatic carbocycles. The first-order chi connectivity index (χ1) is 6.15. The van der Waals surface area contributed by atoms with E-state index in [2.05, 4.69) is 11.9 Å². The van der Waals surface area contributed by atoms with Crippen LogP contribution in [0.2, 0.25) is 0 Å². The van der Waals surface area contributed by atoms with E-state index in [4.69, 9.17) is 5.41 Å². The minimum absolute atomic E-state index is 0.701. The van der Waals surface area contributed by atoms with Crippen molar-refractivity contribution in [1.82, 2.24) is 4.98 Å². The maximum atomic E-state index is 7.80. The van der Waals surface area contributed by atoms with Crippen molar-refractivity contribution in [3.63, 3.8) is 0 Å². The van der Waals surface area contributed by atoms with Crippen molar-refractivity contribution in [2.45, 2.75) is 33.6 Å². The van der Waals surface area contributed by atoms with Gasteiger partial charge in [0, 0.05) is 23.2 Å². The minimum atomic E-state index is 0.701. The van der Waals surface area contributed by atoms with E-state index in [0.29, 0.717) is 5.71 Å². The molecule has 0 aromatic carbocycles. The summed E-state index contributed by atoms with van der Waals surface area (Å²) in [5.41, 5.74) is 3.87. The number of nitrogens with one attached hydrogen (secondary N) is 1. The van der Waals surface area contributed by atoms with Gasteiger partial charge in [0.05, 0.1) is 0 Å². The Morgan fingerprint density at radius 1 is 1.46 bits per heavy atom. The molecule has 0 spiro atoms. The molecule has 2 heteroatoms. The zero-order valence-corrected chi connectivity index (χ0v) is 8.52. The smallest absolute Gasteiger partial charge is 0.0404 e. The van der Waals surface area contributed by atoms with Crippen molar-refractivity contribution >= 4 is 5.71 Å². The summed E-state index contributed by atoms with van der Waals surface area (Å²) in [5, 5.41) is 7.80. The fraction of sp³-hybridized carbons (Fsp3) is 0.455. The summed E-state index contributed by atoms with van der Waals surface area (Å²) in [6.07, 6.45) is 3.67. The molecule has 1 aromatic rings. The molecule has 0 unspecified atom stereocenters. The lowest BCUT2D eigenvalue weighted by molar-refractivity contribution is 0.982. The Balaban J connectivity index is 2.95. The third kappa shape index (κ3) is 2.38. The Kier molecular flexibility index (Phi) is 3.18. The molecule has 0 saturated carbocycles. The van der Waals surface area contributed by atoms with Crippen LogP contribution >= 0.6 is 0 Å². The first-order valence-electron chi connectivity index (χ1n) is 4.66. The van der Waals surface area contributed by atoms with Gasteiger partial charge >= 0.3 is 0 Å². The molecular formula is C11H16N2. The van der Waals surface area contributed by atoms with E-state index in [9.17, 15) is 0 Å². The molecule has 13 heavy (non-hydrogen) atoms. The highest BCUT2D eigenvalue weighted by Crippen LogP contribution is 2.10. The molecule has 1 heterocycles. The number of aryl methyl sites for hydroxylation is 2. The number of rotatable bonds is 3. The molecule has 2 nitrogen and oxygen atoms in total. The number of nitrogens with zero attached hydrogens (tertiary/aromatic N) is 1. The highest BCUT2D eigenvalue weighted by atomic mass is 14.7. The van der Waals surface area contributed by atoms with Gasteiger partial charge in [-0.05, 0) is 31.9 Å². The standard InChI is InChI=1S/C11H16N2/c1-4-5-11(12)10-7-13-9(3)6-8(10)2/h6-7,12H,4-5H2,1-3H3. The monoisotopic (exact) mass is 176 g/mol. The van der Waals surface area contributed by atoms with Crippen molar-refractivity contribution in [2.24, 2.45) is 0 Å². The van der Waals surface area contributed by atoms with Crippen molar-refractivity contribution in [2.75, 3.05) is 0 Å². The fourth-order valence-electron chi connectivity index (χ4n) is 1.40. The van der Waals surface area contributed by atoms with Crippen molar-refractivity contribution in [3.05, 3.63) is 29.1 Å². The van der Waals surface area contributed by atoms with Gasteiger partial charge in [-0.25, -0.2) is 0 Å². The summed E-state index contributed by atoms with van der Waals surface area (Å²) in [6, 6.07) is 2.03. The lowest BCUT2D eigenvalue weighted by Crippen LogP contribution is -2.02. The summed E-state index contributed by atoms with van der Waals surface area (Å²) >= 11 is 0. The summed E-state index contributed by atoms with van der Waals surface area (Å²) in [5.74, 6) is 0. The van der Waals surface area contributed by atoms with Crippen LogP contribution in [0.5, 0.6) is 0 Å². The topological polar surface area (TPSA) is 36.7 Å². The van der Waals surface area contributed by atoms with Crippen LogP contribution in [-0.4, -0.2) is 10.7 Å². The van der Waals surface area contributed by atoms with Crippen LogP contribution in [0.4, 0.5) is 0 Å². The maximum absolute atomic E-state index is 7.80. The highest BCUT2D eigenvalue weighted by Gasteiger charge is 2.04. The van der Waals surface area contributed by atoms with E-state index in [1.165, 1.54) is 0 Å². The van der Waals surface area contributed by atoms with E-state index in [1.54, 1.807) is 0 Å². The van der Waals surface area contributed by atoms with Crippen LogP contribution in [0, 0.1) is 19.3 Å². The molecule has 0 saturated heterocycles. The molecule has 1 rings (SSSR count). The molecule has 0 aliphatic heterocycles. The largest absolute Gasteiger partial charge is 0.305 e. The molecule has 70 valence electrons. The van der Waals surface area contributed by atoms with E-state index < -0.39 is 0 Å². The van der Waals surface area contributed by atoms with Crippen LogP contribution in [0.15, 0.2) is 12.3 Å². The van der Waals surface area contributed by atoms with Gasteiger partial charge in [0.25, 0.3) is 0 Å². The summed E-state index contributed by atoms with van der Waals surface area (Å²) in [6.45, 7) is 6.10. The Bertz CT molecular complexity index is 316. The van der Waals surface area contributed by atoms with Gasteiger partial charge in [-0.2, -0.15) is 0 Å². The van der Waals surface area contributed by atoms with Crippen LogP contribution in [0.1, 0.15) is 36.6 Å². The third-order valence-corrected chi connectivity index (χ3v) is 2.07. The average Bonchev–Trinajstić information content (AvgIpc) is 2.04. The zero-order valence-electron chi connectivity index (χ0n) is 8.52. The van der Waals surface area contributed by atoms with Gasteiger partial charge in [0.1, 0.15) is 0 Å². The lowest BCUT2D eigenvalue weighted by Gasteiger charge is -2.06. The van der Waals surface area contributed by atoms with Crippen molar-refractivity contribution < 1.29 is 0 Å². The number of hydrogen-bond donors (Lipinski definition) is 1. The van der Waals surface area contributed by atoms with E-state index in [0.717, 1.165) is 29.7 Å². The van der Waals surface area contributed by atoms with Gasteiger partial charge in [0.2, 0.25) is 0 Å². The Hall–Kier alpha value is -1.18. The molecule has 0 amide bonds. The molecular weight excluding hydrogens is 160 g/mol. The summed E-state index contributed by atoms with van der Waals surface area (Å²) in [7, 11) is 0. The quantitative estimate of drug-likeness (QED) is 0.706. The Morgan fingerprint density at radius 3 is 2.69 bits per heavy atom. The van der Waals surface area contributed by atoms with Gasteiger partial charge in [-0.1, -0.05) is 13.3 Å². The second kappa shape index (κ2) is 4.17. The minimum Gasteiger partial charge on any atom is -0.305 e. The van der Waals surface area contributed by atoms with E-state index >= 15 is 0 Å². The Labute approximate surface area is 79.5 Å². The van der Waals surface area contributed by atoms with Gasteiger partial charge in [0.15, 0.2) is 0 Å². The van der Waals surface area contributed by atoms with Crippen molar-refractivity contribution in [1.29, 1.82) is 5.41 Å². The van der Waals surface area contributed by atoms with Gasteiger partial charge < -0.3 is 5.41 Å². The second-order valence-electron chi connectivity index (χ2n) is 3.37. The first-order valence-corrected chi connectivity index (χ1v) is 4.66. The normalized spacial score (nSPS) is 10.1. The lowest BCUT2D eigenvalue weighted by atomic mass is 10.0. The fourth-order valence-corrected chi connectivity index (χ4v) is 1.40. The van der Waals surface area contributed by atoms with Crippen LogP contribution in [-0.2, 0) is 0 Å². The maximum Gasteiger partial charge on any atom is 0.0404 e. The Morgan fingerprint density at radius 2 is 2.15 bits per heavy atom.